The van der Waals surface area contributed by atoms with Crippen molar-refractivity contribution in [2.45, 2.75) is 39.9 Å². The minimum Gasteiger partial charge on any atom is -0.389 e. The number of hydrogen-bond acceptors (Lipinski definition) is 10. The Morgan fingerprint density at radius 3 is 2.63 bits per heavy atom. The van der Waals surface area contributed by atoms with Crippen molar-refractivity contribution in [3.63, 3.8) is 0 Å². The molecule has 160 valence electrons. The lowest BCUT2D eigenvalue weighted by atomic mass is 10.1. The van der Waals surface area contributed by atoms with Crippen molar-refractivity contribution in [3.05, 3.63) is 29.8 Å². The number of benzene rings is 1. The number of ether oxygens (including phenoxy) is 1. The summed E-state index contributed by atoms with van der Waals surface area (Å²) in [5.74, 6) is -0.518. The smallest absolute Gasteiger partial charge is 0.280 e. The number of hydrogen-bond donors (Lipinski definition) is 1. The van der Waals surface area contributed by atoms with Crippen molar-refractivity contribution in [2.24, 2.45) is 5.16 Å². The summed E-state index contributed by atoms with van der Waals surface area (Å²) in [4.78, 5) is 18.6. The molecule has 2 heterocycles. The average molecular weight is 469 g/mol. The van der Waals surface area contributed by atoms with Crippen LogP contribution in [-0.4, -0.2) is 61.1 Å². The van der Waals surface area contributed by atoms with E-state index < -0.39 is 15.7 Å². The van der Waals surface area contributed by atoms with Crippen molar-refractivity contribution in [2.75, 3.05) is 24.8 Å². The van der Waals surface area contributed by atoms with Gasteiger partial charge in [0, 0.05) is 12.0 Å². The van der Waals surface area contributed by atoms with Crippen molar-refractivity contribution >= 4 is 49.7 Å². The Hall–Kier alpha value is -2.02. The predicted molar refractivity (Wildman–Crippen MR) is 114 cm³/mol. The van der Waals surface area contributed by atoms with E-state index in [0.29, 0.717) is 43.2 Å². The van der Waals surface area contributed by atoms with Gasteiger partial charge in [0.25, 0.3) is 5.91 Å². The van der Waals surface area contributed by atoms with Gasteiger partial charge in [0.05, 0.1) is 23.4 Å². The summed E-state index contributed by atoms with van der Waals surface area (Å²) in [6.45, 7) is 0.988. The van der Waals surface area contributed by atoms with Crippen molar-refractivity contribution in [1.82, 2.24) is 10.2 Å². The van der Waals surface area contributed by atoms with Gasteiger partial charge in [-0.05, 0) is 31.2 Å². The highest BCUT2D eigenvalue weighted by Gasteiger charge is 2.36. The molecule has 1 N–H and O–H groups in total. The van der Waals surface area contributed by atoms with Crippen LogP contribution in [-0.2, 0) is 24.2 Å². The van der Waals surface area contributed by atoms with Gasteiger partial charge in [0.15, 0.2) is 26.0 Å². The summed E-state index contributed by atoms with van der Waals surface area (Å²) < 4.78 is 30.8. The third-order valence-corrected chi connectivity index (χ3v) is 8.71. The van der Waals surface area contributed by atoms with E-state index in [0.717, 1.165) is 4.34 Å². The molecule has 1 saturated carbocycles. The molecule has 2 aromatic rings. The van der Waals surface area contributed by atoms with Crippen LogP contribution < -0.4 is 5.32 Å². The number of thioether (sulfide) groups is 1. The highest BCUT2D eigenvalue weighted by molar-refractivity contribution is 8.00. The van der Waals surface area contributed by atoms with Gasteiger partial charge in [0.1, 0.15) is 0 Å². The Labute approximate surface area is 182 Å². The summed E-state index contributed by atoms with van der Waals surface area (Å²) in [6, 6.07) is 6.13. The Balaban J connectivity index is 1.57. The maximum Gasteiger partial charge on any atom is 0.280 e. The molecule has 1 aromatic heterocycles. The Morgan fingerprint density at radius 2 is 2.03 bits per heavy atom. The maximum atomic E-state index is 12.9. The van der Waals surface area contributed by atoms with Crippen LogP contribution in [0.15, 0.2) is 38.7 Å². The molecule has 30 heavy (non-hydrogen) atoms. The Morgan fingerprint density at radius 1 is 1.27 bits per heavy atom. The molecular weight excluding hydrogens is 448 g/mol. The van der Waals surface area contributed by atoms with E-state index in [-0.39, 0.29) is 22.0 Å². The minimum atomic E-state index is -3.31. The second-order valence-corrected chi connectivity index (χ2v) is 11.1. The van der Waals surface area contributed by atoms with Crippen LogP contribution in [0, 0.1) is 0 Å². The van der Waals surface area contributed by atoms with E-state index >= 15 is 0 Å². The first-order valence-electron chi connectivity index (χ1n) is 9.32. The molecule has 0 spiro atoms. The van der Waals surface area contributed by atoms with Gasteiger partial charge in [0.2, 0.25) is 5.13 Å². The molecule has 1 aliphatic carbocycles. The van der Waals surface area contributed by atoms with E-state index in [1.54, 1.807) is 12.1 Å². The Bertz CT molecular complexity index is 1040. The number of nitrogens with one attached hydrogen (secondary N) is 1. The summed E-state index contributed by atoms with van der Waals surface area (Å²) in [6.07, 6.45) is 3.71. The molecule has 2 fully saturated rings. The predicted octanol–water partition coefficient (Wildman–Crippen LogP) is 2.34. The van der Waals surface area contributed by atoms with E-state index in [9.17, 15) is 13.2 Å². The number of nitrogens with zero attached hydrogens (tertiary/aromatic N) is 3. The summed E-state index contributed by atoms with van der Waals surface area (Å²) in [7, 11) is -3.31. The zero-order valence-corrected chi connectivity index (χ0v) is 18.6. The minimum absolute atomic E-state index is 0.0261. The van der Waals surface area contributed by atoms with Crippen molar-refractivity contribution in [1.29, 1.82) is 0 Å². The molecule has 4 rings (SSSR count). The lowest BCUT2D eigenvalue weighted by Gasteiger charge is -2.10. The summed E-state index contributed by atoms with van der Waals surface area (Å²) in [5.41, 5.74) is 0.467. The van der Waals surface area contributed by atoms with Crippen LogP contribution >= 0.6 is 23.1 Å². The molecule has 1 atom stereocenters. The lowest BCUT2D eigenvalue weighted by molar-refractivity contribution is -0.110. The fraction of sp³-hybridized carbons (Fsp3) is 0.444. The standard InChI is InChI=1S/C18H20N4O5S3/c1-28-18-21-20-17(29-18)19-16(23)15(22-27-12-8-9-26-10-12)11-2-4-13(5-3-11)30(24,25)14-6-7-14/h2-5,12,14H,6-10H2,1H3,(H,19,20,23)/b22-15+/t12-/m1/s1. The quantitative estimate of drug-likeness (QED) is 0.271. The molecule has 1 saturated heterocycles. The molecule has 12 heteroatoms. The number of amides is 1. The molecule has 0 unspecified atom stereocenters. The summed E-state index contributed by atoms with van der Waals surface area (Å²) >= 11 is 2.67. The summed E-state index contributed by atoms with van der Waals surface area (Å²) in [5, 5.41) is 14.7. The SMILES string of the molecule is CSc1nnc(NC(=O)/C(=N/O[C@@H]2CCOC2)c2ccc(S(=O)(=O)C3CC3)cc2)s1. The van der Waals surface area contributed by atoms with Crippen molar-refractivity contribution in [3.8, 4) is 0 Å². The highest BCUT2D eigenvalue weighted by Crippen LogP contribution is 2.33. The first-order valence-corrected chi connectivity index (χ1v) is 12.9. The van der Waals surface area contributed by atoms with Crippen LogP contribution in [0.1, 0.15) is 24.8 Å². The second-order valence-electron chi connectivity index (χ2n) is 6.83. The first kappa shape index (κ1) is 21.2. The van der Waals surface area contributed by atoms with Crippen LogP contribution in [0.2, 0.25) is 0 Å². The lowest BCUT2D eigenvalue weighted by Crippen LogP contribution is -2.25. The fourth-order valence-corrected chi connectivity index (χ4v) is 5.64. The van der Waals surface area contributed by atoms with E-state index in [4.69, 9.17) is 9.57 Å². The van der Waals surface area contributed by atoms with E-state index in [1.807, 2.05) is 6.26 Å². The van der Waals surface area contributed by atoms with Gasteiger partial charge in [-0.3, -0.25) is 10.1 Å². The monoisotopic (exact) mass is 468 g/mol. The molecular formula is C18H20N4O5S3. The van der Waals surface area contributed by atoms with Gasteiger partial charge >= 0.3 is 0 Å². The number of anilines is 1. The van der Waals surface area contributed by atoms with Gasteiger partial charge < -0.3 is 9.57 Å². The number of aromatic nitrogens is 2. The highest BCUT2D eigenvalue weighted by atomic mass is 32.2. The van der Waals surface area contributed by atoms with Crippen LogP contribution in [0.4, 0.5) is 5.13 Å². The number of carbonyl (C=O) groups is 1. The third kappa shape index (κ3) is 4.82. The normalized spacial score (nSPS) is 19.6. The number of carbonyl (C=O) groups excluding carboxylic acids is 1. The molecule has 0 radical (unpaired) electrons. The third-order valence-electron chi connectivity index (χ3n) is 4.62. The van der Waals surface area contributed by atoms with Crippen LogP contribution in [0.25, 0.3) is 0 Å². The topological polar surface area (TPSA) is 120 Å². The number of oxime groups is 1. The Kier molecular flexibility index (Phi) is 6.37. The molecule has 2 aliphatic rings. The maximum absolute atomic E-state index is 12.9. The van der Waals surface area contributed by atoms with E-state index in [2.05, 4.69) is 20.7 Å². The zero-order chi connectivity index (χ0) is 21.1. The van der Waals surface area contributed by atoms with Crippen molar-refractivity contribution < 1.29 is 22.8 Å². The fourth-order valence-electron chi connectivity index (χ4n) is 2.82. The number of sulfone groups is 1. The van der Waals surface area contributed by atoms with Crippen LogP contribution in [0.3, 0.4) is 0 Å². The van der Waals surface area contributed by atoms with Gasteiger partial charge in [-0.25, -0.2) is 8.42 Å². The van der Waals surface area contributed by atoms with E-state index in [1.165, 1.54) is 35.2 Å². The molecule has 1 amide bonds. The first-order chi connectivity index (χ1) is 14.5. The second kappa shape index (κ2) is 9.00. The van der Waals surface area contributed by atoms with Crippen LogP contribution in [0.5, 0.6) is 0 Å². The zero-order valence-electron chi connectivity index (χ0n) is 16.1. The molecule has 1 aromatic carbocycles. The van der Waals surface area contributed by atoms with Gasteiger partial charge in [-0.1, -0.05) is 40.4 Å². The van der Waals surface area contributed by atoms with Gasteiger partial charge in [-0.15, -0.1) is 10.2 Å². The van der Waals surface area contributed by atoms with Gasteiger partial charge in [-0.2, -0.15) is 0 Å². The molecule has 9 nitrogen and oxygen atoms in total. The molecule has 1 aliphatic heterocycles. The molecule has 0 bridgehead atoms. The number of rotatable bonds is 8. The average Bonchev–Trinajstić information content (AvgIpc) is 3.31. The largest absolute Gasteiger partial charge is 0.389 e.